The van der Waals surface area contributed by atoms with E-state index < -0.39 is 17.3 Å². The molecule has 0 aliphatic carbocycles. The van der Waals surface area contributed by atoms with Crippen LogP contribution >= 0.6 is 11.8 Å². The van der Waals surface area contributed by atoms with Gasteiger partial charge in [-0.3, -0.25) is 14.2 Å². The molecule has 0 N–H and O–H groups in total. The van der Waals surface area contributed by atoms with Gasteiger partial charge in [-0.2, -0.15) is 0 Å². The van der Waals surface area contributed by atoms with Crippen molar-refractivity contribution < 1.29 is 28.1 Å². The lowest BCUT2D eigenvalue weighted by molar-refractivity contribution is -0.141. The quantitative estimate of drug-likeness (QED) is 0.186. The largest absolute Gasteiger partial charge is 0.493 e. The van der Waals surface area contributed by atoms with Crippen LogP contribution in [0.3, 0.4) is 0 Å². The van der Waals surface area contributed by atoms with Crippen LogP contribution in [0.25, 0.3) is 16.6 Å². The van der Waals surface area contributed by atoms with E-state index in [-0.39, 0.29) is 51.4 Å². The highest BCUT2D eigenvalue weighted by Crippen LogP contribution is 2.42. The average Bonchev–Trinajstić information content (AvgIpc) is 2.90. The van der Waals surface area contributed by atoms with E-state index in [9.17, 15) is 14.0 Å². The summed E-state index contributed by atoms with van der Waals surface area (Å²) < 4.78 is 37.0. The second-order valence-corrected chi connectivity index (χ2v) is 8.43. The molecular weight excluding hydrogens is 487 g/mol. The van der Waals surface area contributed by atoms with Crippen molar-refractivity contribution in [1.29, 1.82) is 0 Å². The van der Waals surface area contributed by atoms with Crippen molar-refractivity contribution >= 4 is 28.6 Å². The molecule has 0 radical (unpaired) electrons. The molecule has 0 saturated carbocycles. The second kappa shape index (κ2) is 11.1. The highest BCUT2D eigenvalue weighted by atomic mass is 32.2. The Morgan fingerprint density at radius 2 is 1.72 bits per heavy atom. The first-order valence-corrected chi connectivity index (χ1v) is 11.8. The number of ether oxygens (including phenoxy) is 4. The summed E-state index contributed by atoms with van der Waals surface area (Å²) in [6, 6.07) is 16.3. The summed E-state index contributed by atoms with van der Waals surface area (Å²) in [5.74, 6) is -0.414. The number of hydrogen-bond donors (Lipinski definition) is 0. The van der Waals surface area contributed by atoms with Crippen LogP contribution in [0.5, 0.6) is 17.2 Å². The van der Waals surface area contributed by atoms with Crippen LogP contribution in [0.1, 0.15) is 5.56 Å². The zero-order valence-electron chi connectivity index (χ0n) is 19.8. The van der Waals surface area contributed by atoms with E-state index in [4.69, 9.17) is 18.9 Å². The molecular formula is C26H23FN2O6S. The first-order chi connectivity index (χ1) is 17.5. The molecule has 4 rings (SSSR count). The number of methoxy groups -OCH3 is 3. The van der Waals surface area contributed by atoms with Gasteiger partial charge in [-0.15, -0.1) is 0 Å². The Kier molecular flexibility index (Phi) is 7.74. The van der Waals surface area contributed by atoms with Gasteiger partial charge in [0, 0.05) is 0 Å². The first kappa shape index (κ1) is 25.1. The number of rotatable bonds is 9. The topological polar surface area (TPSA) is 88.9 Å². The number of thioether (sulfide) groups is 1. The van der Waals surface area contributed by atoms with Gasteiger partial charge in [0.05, 0.1) is 38.2 Å². The summed E-state index contributed by atoms with van der Waals surface area (Å²) in [6.45, 7) is 0.118. The highest BCUT2D eigenvalue weighted by molar-refractivity contribution is 7.99. The van der Waals surface area contributed by atoms with E-state index in [1.807, 2.05) is 30.3 Å². The van der Waals surface area contributed by atoms with E-state index in [2.05, 4.69) is 4.98 Å². The third kappa shape index (κ3) is 5.13. The molecule has 0 saturated heterocycles. The van der Waals surface area contributed by atoms with Gasteiger partial charge in [-0.05, 0) is 29.8 Å². The minimum atomic E-state index is -0.525. The van der Waals surface area contributed by atoms with Crippen LogP contribution in [0.2, 0.25) is 0 Å². The molecule has 0 atom stereocenters. The predicted molar refractivity (Wildman–Crippen MR) is 134 cm³/mol. The van der Waals surface area contributed by atoms with Crippen molar-refractivity contribution in [3.63, 3.8) is 0 Å². The SMILES string of the molecule is COc1cc2c(=O)n(-c3cccc(F)c3)c(SCC(=O)OCc3ccccc3)nc2c(OC)c1OC. The number of fused-ring (bicyclic) bond motifs is 1. The maximum atomic E-state index is 14.1. The molecule has 186 valence electrons. The normalized spacial score (nSPS) is 10.8. The van der Waals surface area contributed by atoms with E-state index in [0.717, 1.165) is 17.3 Å². The van der Waals surface area contributed by atoms with Gasteiger partial charge in [-0.1, -0.05) is 48.2 Å². The molecule has 1 heterocycles. The van der Waals surface area contributed by atoms with Gasteiger partial charge >= 0.3 is 5.97 Å². The van der Waals surface area contributed by atoms with Crippen LogP contribution in [0.4, 0.5) is 4.39 Å². The molecule has 8 nitrogen and oxygen atoms in total. The van der Waals surface area contributed by atoms with E-state index in [1.54, 1.807) is 6.07 Å². The van der Waals surface area contributed by atoms with Gasteiger partial charge in [0.2, 0.25) is 5.75 Å². The summed E-state index contributed by atoms with van der Waals surface area (Å²) in [4.78, 5) is 30.8. The number of esters is 1. The Morgan fingerprint density at radius 1 is 0.972 bits per heavy atom. The molecule has 4 aromatic rings. The lowest BCUT2D eigenvalue weighted by Crippen LogP contribution is -2.23. The van der Waals surface area contributed by atoms with Gasteiger partial charge in [0.1, 0.15) is 17.9 Å². The summed E-state index contributed by atoms with van der Waals surface area (Å²) >= 11 is 0.990. The van der Waals surface area contributed by atoms with E-state index in [1.165, 1.54) is 50.2 Å². The van der Waals surface area contributed by atoms with Gasteiger partial charge in [0.25, 0.3) is 5.56 Å². The lowest BCUT2D eigenvalue weighted by atomic mass is 10.2. The standard InChI is InChI=1S/C26H23FN2O6S/c1-32-20-13-19-22(24(34-3)23(20)33-2)28-26(29(25(19)31)18-11-7-10-17(27)12-18)36-15-21(30)35-14-16-8-5-4-6-9-16/h4-13H,14-15H2,1-3H3. The molecule has 1 aromatic heterocycles. The van der Waals surface area contributed by atoms with Gasteiger partial charge < -0.3 is 18.9 Å². The van der Waals surface area contributed by atoms with Gasteiger partial charge in [-0.25, -0.2) is 9.37 Å². The molecule has 0 amide bonds. The fourth-order valence-corrected chi connectivity index (χ4v) is 4.41. The molecule has 36 heavy (non-hydrogen) atoms. The Morgan fingerprint density at radius 3 is 2.39 bits per heavy atom. The van der Waals surface area contributed by atoms with Crippen LogP contribution in [-0.2, 0) is 16.1 Å². The Labute approximate surface area is 210 Å². The number of benzene rings is 3. The fourth-order valence-electron chi connectivity index (χ4n) is 3.61. The molecule has 3 aromatic carbocycles. The Hall–Kier alpha value is -4.05. The molecule has 0 aliphatic heterocycles. The Bertz CT molecular complexity index is 1460. The minimum Gasteiger partial charge on any atom is -0.493 e. The molecule has 0 unspecified atom stereocenters. The number of aromatic nitrogens is 2. The zero-order valence-corrected chi connectivity index (χ0v) is 20.6. The molecule has 0 spiro atoms. The molecule has 0 bridgehead atoms. The smallest absolute Gasteiger partial charge is 0.316 e. The molecule has 10 heteroatoms. The third-order valence-corrected chi connectivity index (χ3v) is 6.18. The number of carbonyl (C=O) groups excluding carboxylic acids is 1. The molecule has 0 fully saturated rings. The van der Waals surface area contributed by atoms with Crippen molar-refractivity contribution in [3.8, 4) is 22.9 Å². The van der Waals surface area contributed by atoms with Crippen LogP contribution in [0, 0.1) is 5.82 Å². The zero-order chi connectivity index (χ0) is 25.7. The summed E-state index contributed by atoms with van der Waals surface area (Å²) in [5, 5.41) is 0.324. The van der Waals surface area contributed by atoms with Crippen LogP contribution < -0.4 is 19.8 Å². The average molecular weight is 511 g/mol. The third-order valence-electron chi connectivity index (χ3n) is 5.26. The predicted octanol–water partition coefficient (Wildman–Crippen LogP) is 4.39. The maximum Gasteiger partial charge on any atom is 0.316 e. The fraction of sp³-hybridized carbons (Fsp3) is 0.192. The molecule has 0 aliphatic rings. The number of nitrogens with zero attached hydrogens (tertiary/aromatic N) is 2. The van der Waals surface area contributed by atoms with Crippen molar-refractivity contribution in [1.82, 2.24) is 9.55 Å². The van der Waals surface area contributed by atoms with Crippen molar-refractivity contribution in [2.24, 2.45) is 0 Å². The maximum absolute atomic E-state index is 14.1. The minimum absolute atomic E-state index is 0.118. The highest BCUT2D eigenvalue weighted by Gasteiger charge is 2.23. The Balaban J connectivity index is 1.78. The van der Waals surface area contributed by atoms with Crippen LogP contribution in [-0.4, -0.2) is 42.6 Å². The summed E-state index contributed by atoms with van der Waals surface area (Å²) in [7, 11) is 4.30. The van der Waals surface area contributed by atoms with E-state index >= 15 is 0 Å². The van der Waals surface area contributed by atoms with Crippen molar-refractivity contribution in [2.75, 3.05) is 27.1 Å². The first-order valence-electron chi connectivity index (χ1n) is 10.8. The lowest BCUT2D eigenvalue weighted by Gasteiger charge is -2.17. The van der Waals surface area contributed by atoms with Gasteiger partial charge in [0.15, 0.2) is 16.7 Å². The second-order valence-electron chi connectivity index (χ2n) is 7.49. The summed E-state index contributed by atoms with van der Waals surface area (Å²) in [6.07, 6.45) is 0. The number of hydrogen-bond acceptors (Lipinski definition) is 8. The monoisotopic (exact) mass is 510 g/mol. The number of carbonyl (C=O) groups is 1. The summed E-state index contributed by atoms with van der Waals surface area (Å²) in [5.41, 5.74) is 0.823. The van der Waals surface area contributed by atoms with Crippen LogP contribution in [0.15, 0.2) is 70.6 Å². The number of halogens is 1. The van der Waals surface area contributed by atoms with E-state index in [0.29, 0.717) is 0 Å². The van der Waals surface area contributed by atoms with Crippen molar-refractivity contribution in [2.45, 2.75) is 11.8 Å². The van der Waals surface area contributed by atoms with Crippen molar-refractivity contribution in [3.05, 3.63) is 82.4 Å².